The van der Waals surface area contributed by atoms with Crippen LogP contribution in [0.15, 0.2) is 42.5 Å². The van der Waals surface area contributed by atoms with Gasteiger partial charge in [-0.05, 0) is 49.2 Å². The Balaban J connectivity index is 1.20. The average molecular weight is 436 g/mol. The maximum atomic E-state index is 12.5. The van der Waals surface area contributed by atoms with Crippen molar-refractivity contribution >= 4 is 29.2 Å². The van der Waals surface area contributed by atoms with E-state index < -0.39 is 0 Å². The monoisotopic (exact) mass is 436 g/mol. The van der Waals surface area contributed by atoms with Crippen LogP contribution in [0.2, 0.25) is 0 Å². The Morgan fingerprint density at radius 2 is 1.81 bits per heavy atom. The summed E-state index contributed by atoms with van der Waals surface area (Å²) in [5, 5.41) is 16.6. The lowest BCUT2D eigenvalue weighted by molar-refractivity contribution is -0.133. The average Bonchev–Trinajstić information content (AvgIpc) is 3.58. The minimum Gasteiger partial charge on any atom is -0.508 e. The molecule has 1 saturated carbocycles. The van der Waals surface area contributed by atoms with E-state index in [-0.39, 0.29) is 30.1 Å². The fraction of sp³-hybridized carbons (Fsp3) is 0.364. The summed E-state index contributed by atoms with van der Waals surface area (Å²) in [5.74, 6) is 1.86. The fourth-order valence-electron chi connectivity index (χ4n) is 3.71. The van der Waals surface area contributed by atoms with Crippen LogP contribution in [0.4, 0.5) is 11.8 Å². The second-order valence-electron chi connectivity index (χ2n) is 8.00. The molecule has 3 heterocycles. The standard InChI is InChI=1S/C22H24N6O4/c29-16-6-8-17(9-7-16)32-14-20(30)27-12-10-26(11-13-27)19-3-1-2-18-23-22(25-28(18)19)24-21(31)15-4-5-15/h1-3,6-9,15,29H,4-5,10-14H2,(H,24,25,31). The molecule has 3 aromatic rings. The molecule has 166 valence electrons. The Labute approximate surface area is 184 Å². The van der Waals surface area contributed by atoms with Gasteiger partial charge in [0.05, 0.1) is 0 Å². The van der Waals surface area contributed by atoms with Gasteiger partial charge in [0.2, 0.25) is 11.9 Å². The minimum atomic E-state index is -0.0817. The molecule has 2 fully saturated rings. The molecule has 0 unspecified atom stereocenters. The van der Waals surface area contributed by atoms with E-state index in [9.17, 15) is 14.7 Å². The van der Waals surface area contributed by atoms with Crippen molar-refractivity contribution in [1.82, 2.24) is 19.5 Å². The first-order valence-electron chi connectivity index (χ1n) is 10.7. The molecule has 0 spiro atoms. The molecule has 2 N–H and O–H groups in total. The number of ether oxygens (including phenoxy) is 1. The SMILES string of the molecule is O=C(Nc1nc2cccc(N3CCN(C(=O)COc4ccc(O)cc4)CC3)n2n1)C1CC1. The Kier molecular flexibility index (Phi) is 5.26. The fourth-order valence-corrected chi connectivity index (χ4v) is 3.71. The van der Waals surface area contributed by atoms with E-state index >= 15 is 0 Å². The first-order valence-corrected chi connectivity index (χ1v) is 10.7. The van der Waals surface area contributed by atoms with Gasteiger partial charge in [-0.1, -0.05) is 6.07 Å². The molecule has 2 amide bonds. The number of phenols is 1. The van der Waals surface area contributed by atoms with Gasteiger partial charge < -0.3 is 19.6 Å². The van der Waals surface area contributed by atoms with Crippen molar-refractivity contribution in [3.8, 4) is 11.5 Å². The normalized spacial score (nSPS) is 16.2. The van der Waals surface area contributed by atoms with Crippen LogP contribution in [0.1, 0.15) is 12.8 Å². The number of rotatable bonds is 6. The van der Waals surface area contributed by atoms with E-state index in [1.54, 1.807) is 21.5 Å². The van der Waals surface area contributed by atoms with Crippen molar-refractivity contribution in [1.29, 1.82) is 0 Å². The molecule has 1 aromatic carbocycles. The number of phenolic OH excluding ortho intramolecular Hbond substituents is 1. The van der Waals surface area contributed by atoms with Crippen molar-refractivity contribution in [2.45, 2.75) is 12.8 Å². The Bertz CT molecular complexity index is 1130. The van der Waals surface area contributed by atoms with Crippen LogP contribution >= 0.6 is 0 Å². The van der Waals surface area contributed by atoms with Crippen LogP contribution in [0.3, 0.4) is 0 Å². The second kappa shape index (κ2) is 8.37. The summed E-state index contributed by atoms with van der Waals surface area (Å²) in [5.41, 5.74) is 0.661. The van der Waals surface area contributed by atoms with Crippen LogP contribution in [-0.2, 0) is 9.59 Å². The topological polar surface area (TPSA) is 112 Å². The molecule has 0 atom stereocenters. The van der Waals surface area contributed by atoms with Crippen molar-refractivity contribution in [2.24, 2.45) is 5.92 Å². The summed E-state index contributed by atoms with van der Waals surface area (Å²) in [6.45, 7) is 2.37. The van der Waals surface area contributed by atoms with E-state index in [2.05, 4.69) is 20.3 Å². The van der Waals surface area contributed by atoms with Crippen molar-refractivity contribution < 1.29 is 19.4 Å². The number of aromatic nitrogens is 3. The molecule has 1 aliphatic heterocycles. The zero-order valence-electron chi connectivity index (χ0n) is 17.5. The van der Waals surface area contributed by atoms with Gasteiger partial charge in [0.25, 0.3) is 5.91 Å². The maximum absolute atomic E-state index is 12.5. The number of hydrogen-bond donors (Lipinski definition) is 2. The molecule has 10 heteroatoms. The van der Waals surface area contributed by atoms with Crippen LogP contribution in [0.25, 0.3) is 5.65 Å². The van der Waals surface area contributed by atoms with Crippen molar-refractivity contribution in [3.63, 3.8) is 0 Å². The molecule has 10 nitrogen and oxygen atoms in total. The number of pyridine rings is 1. The summed E-state index contributed by atoms with van der Waals surface area (Å²) >= 11 is 0. The van der Waals surface area contributed by atoms with Gasteiger partial charge in [-0.2, -0.15) is 9.50 Å². The first kappa shape index (κ1) is 20.1. The summed E-state index contributed by atoms with van der Waals surface area (Å²) in [4.78, 5) is 32.9. The summed E-state index contributed by atoms with van der Waals surface area (Å²) in [6.07, 6.45) is 1.85. The Hall–Kier alpha value is -3.82. The molecule has 1 saturated heterocycles. The van der Waals surface area contributed by atoms with Gasteiger partial charge >= 0.3 is 0 Å². The number of hydrogen-bond acceptors (Lipinski definition) is 7. The second-order valence-corrected chi connectivity index (χ2v) is 8.00. The van der Waals surface area contributed by atoms with Gasteiger partial charge in [-0.3, -0.25) is 14.9 Å². The highest BCUT2D eigenvalue weighted by Crippen LogP contribution is 2.30. The number of nitrogens with one attached hydrogen (secondary N) is 1. The molecule has 2 aliphatic rings. The van der Waals surface area contributed by atoms with E-state index in [1.807, 2.05) is 18.2 Å². The van der Waals surface area contributed by atoms with E-state index in [4.69, 9.17) is 4.74 Å². The number of amides is 2. The largest absolute Gasteiger partial charge is 0.508 e. The molecule has 0 radical (unpaired) electrons. The number of nitrogens with zero attached hydrogens (tertiary/aromatic N) is 5. The van der Waals surface area contributed by atoms with Gasteiger partial charge in [-0.15, -0.1) is 5.10 Å². The van der Waals surface area contributed by atoms with Crippen LogP contribution < -0.4 is 15.0 Å². The molecular formula is C22H24N6O4. The van der Waals surface area contributed by atoms with Crippen LogP contribution in [-0.4, -0.2) is 69.2 Å². The first-order chi connectivity index (χ1) is 15.6. The molecule has 2 aromatic heterocycles. The van der Waals surface area contributed by atoms with Crippen LogP contribution in [0.5, 0.6) is 11.5 Å². The van der Waals surface area contributed by atoms with Gasteiger partial charge in [-0.25, -0.2) is 0 Å². The van der Waals surface area contributed by atoms with E-state index in [0.717, 1.165) is 18.7 Å². The molecule has 32 heavy (non-hydrogen) atoms. The lowest BCUT2D eigenvalue weighted by atomic mass is 10.3. The predicted octanol–water partition coefficient (Wildman–Crippen LogP) is 1.51. The molecule has 5 rings (SSSR count). The number of benzene rings is 1. The van der Waals surface area contributed by atoms with Crippen molar-refractivity contribution in [2.75, 3.05) is 43.0 Å². The van der Waals surface area contributed by atoms with Gasteiger partial charge in [0, 0.05) is 32.1 Å². The molecule has 0 bridgehead atoms. The summed E-state index contributed by atoms with van der Waals surface area (Å²) in [6, 6.07) is 12.0. The molecular weight excluding hydrogens is 412 g/mol. The lowest BCUT2D eigenvalue weighted by Gasteiger charge is -2.35. The van der Waals surface area contributed by atoms with E-state index in [0.29, 0.717) is 43.5 Å². The zero-order chi connectivity index (χ0) is 22.1. The smallest absolute Gasteiger partial charge is 0.260 e. The third-order valence-electron chi connectivity index (χ3n) is 5.68. The van der Waals surface area contributed by atoms with E-state index in [1.165, 1.54) is 12.1 Å². The summed E-state index contributed by atoms with van der Waals surface area (Å²) in [7, 11) is 0. The van der Waals surface area contributed by atoms with Gasteiger partial charge in [0.15, 0.2) is 12.3 Å². The van der Waals surface area contributed by atoms with Gasteiger partial charge in [0.1, 0.15) is 17.3 Å². The zero-order valence-corrected chi connectivity index (χ0v) is 17.5. The number of fused-ring (bicyclic) bond motifs is 1. The number of aromatic hydroxyl groups is 1. The highest BCUT2D eigenvalue weighted by atomic mass is 16.5. The maximum Gasteiger partial charge on any atom is 0.260 e. The Morgan fingerprint density at radius 1 is 1.06 bits per heavy atom. The molecule has 1 aliphatic carbocycles. The highest BCUT2D eigenvalue weighted by molar-refractivity contribution is 5.92. The predicted molar refractivity (Wildman–Crippen MR) is 117 cm³/mol. The summed E-state index contributed by atoms with van der Waals surface area (Å²) < 4.78 is 7.26. The number of carbonyl (C=O) groups is 2. The third-order valence-corrected chi connectivity index (χ3v) is 5.68. The van der Waals surface area contributed by atoms with Crippen molar-refractivity contribution in [3.05, 3.63) is 42.5 Å². The number of piperazine rings is 1. The Morgan fingerprint density at radius 3 is 2.53 bits per heavy atom. The minimum absolute atomic E-state index is 0.0240. The van der Waals surface area contributed by atoms with Crippen LogP contribution in [0, 0.1) is 5.92 Å². The lowest BCUT2D eigenvalue weighted by Crippen LogP contribution is -2.50. The number of carbonyl (C=O) groups excluding carboxylic acids is 2. The number of anilines is 2. The third kappa shape index (κ3) is 4.29. The quantitative estimate of drug-likeness (QED) is 0.602. The highest BCUT2D eigenvalue weighted by Gasteiger charge is 2.30.